The van der Waals surface area contributed by atoms with Gasteiger partial charge in [0.25, 0.3) is 0 Å². The van der Waals surface area contributed by atoms with Crippen molar-refractivity contribution in [2.75, 3.05) is 0 Å². The lowest BCUT2D eigenvalue weighted by Crippen LogP contribution is -2.04. The van der Waals surface area contributed by atoms with Crippen LogP contribution in [0.1, 0.15) is 73.6 Å². The van der Waals surface area contributed by atoms with Gasteiger partial charge in [0.05, 0.1) is 0 Å². The van der Waals surface area contributed by atoms with Crippen LogP contribution >= 0.6 is 0 Å². The van der Waals surface area contributed by atoms with Crippen LogP contribution in [-0.2, 0) is 0 Å². The third-order valence-electron chi connectivity index (χ3n) is 3.60. The molecule has 0 aliphatic rings. The average Bonchev–Trinajstić information content (AvgIpc) is 2.49. The van der Waals surface area contributed by atoms with Crippen LogP contribution in [0.2, 0.25) is 0 Å². The monoisotopic (exact) mass is 300 g/mol. The first-order valence-corrected chi connectivity index (χ1v) is 8.19. The number of allylic oxidation sites excluding steroid dienone is 4. The fourth-order valence-electron chi connectivity index (χ4n) is 1.58. The first kappa shape index (κ1) is 22.4. The standard InChI is InChI=1S/C16H26F2.C3H8/c1-7-11(3)9-10-13(5)14(6)16(18)15(17)12(4)8-2;1-3-2/h11,13H,4,6-10H2,1-3,5H3;3H2,1-2H3/b16-15-;. The normalized spacial score (nSPS) is 14.5. The summed E-state index contributed by atoms with van der Waals surface area (Å²) in [6.07, 6.45) is 4.62. The second kappa shape index (κ2) is 12.8. The van der Waals surface area contributed by atoms with E-state index in [1.807, 2.05) is 6.92 Å². The first-order chi connectivity index (χ1) is 9.76. The van der Waals surface area contributed by atoms with Gasteiger partial charge in [-0.3, -0.25) is 0 Å². The molecule has 2 heteroatoms. The molecule has 0 aliphatic heterocycles. The zero-order valence-corrected chi connectivity index (χ0v) is 14.9. The van der Waals surface area contributed by atoms with Gasteiger partial charge < -0.3 is 0 Å². The number of hydrogen-bond donors (Lipinski definition) is 0. The van der Waals surface area contributed by atoms with E-state index in [4.69, 9.17) is 0 Å². The Morgan fingerprint density at radius 1 is 0.905 bits per heavy atom. The molecule has 0 heterocycles. The van der Waals surface area contributed by atoms with Gasteiger partial charge in [0.1, 0.15) is 0 Å². The van der Waals surface area contributed by atoms with E-state index in [1.54, 1.807) is 6.92 Å². The van der Waals surface area contributed by atoms with E-state index < -0.39 is 11.7 Å². The Kier molecular flexibility index (Phi) is 13.6. The second-order valence-corrected chi connectivity index (χ2v) is 5.81. The summed E-state index contributed by atoms with van der Waals surface area (Å²) in [5.74, 6) is -1.08. The predicted octanol–water partition coefficient (Wildman–Crippen LogP) is 7.54. The van der Waals surface area contributed by atoms with Crippen molar-refractivity contribution in [3.63, 3.8) is 0 Å². The molecule has 0 spiro atoms. The van der Waals surface area contributed by atoms with E-state index in [-0.39, 0.29) is 17.1 Å². The van der Waals surface area contributed by atoms with Gasteiger partial charge in [-0.1, -0.05) is 74.0 Å². The Bertz CT molecular complexity index is 339. The van der Waals surface area contributed by atoms with Gasteiger partial charge in [-0.25, -0.2) is 8.78 Å². The average molecular weight is 300 g/mol. The molecular weight excluding hydrogens is 266 g/mol. The fraction of sp³-hybridized carbons (Fsp3) is 0.684. The van der Waals surface area contributed by atoms with Crippen LogP contribution in [0.25, 0.3) is 0 Å². The van der Waals surface area contributed by atoms with Crippen molar-refractivity contribution in [3.05, 3.63) is 36.0 Å². The molecule has 0 bridgehead atoms. The zero-order chi connectivity index (χ0) is 17.0. The van der Waals surface area contributed by atoms with Gasteiger partial charge in [-0.2, -0.15) is 0 Å². The third kappa shape index (κ3) is 9.60. The molecule has 0 saturated heterocycles. The summed E-state index contributed by atoms with van der Waals surface area (Å²) in [7, 11) is 0. The van der Waals surface area contributed by atoms with E-state index in [9.17, 15) is 8.78 Å². The summed E-state index contributed by atoms with van der Waals surface area (Å²) >= 11 is 0. The molecule has 0 aromatic carbocycles. The van der Waals surface area contributed by atoms with Crippen molar-refractivity contribution < 1.29 is 8.78 Å². The minimum Gasteiger partial charge on any atom is -0.203 e. The van der Waals surface area contributed by atoms with Crippen molar-refractivity contribution in [2.45, 2.75) is 73.6 Å². The minimum atomic E-state index is -0.835. The highest BCUT2D eigenvalue weighted by Crippen LogP contribution is 2.30. The highest BCUT2D eigenvalue weighted by atomic mass is 19.2. The van der Waals surface area contributed by atoms with E-state index in [2.05, 4.69) is 40.9 Å². The maximum atomic E-state index is 13.8. The summed E-state index contributed by atoms with van der Waals surface area (Å²) in [5.41, 5.74) is 0.452. The molecule has 0 rings (SSSR count). The maximum absolute atomic E-state index is 13.8. The molecule has 2 unspecified atom stereocenters. The van der Waals surface area contributed by atoms with Crippen LogP contribution < -0.4 is 0 Å². The minimum absolute atomic E-state index is 0.0330. The summed E-state index contributed by atoms with van der Waals surface area (Å²) in [5, 5.41) is 0. The van der Waals surface area contributed by atoms with Gasteiger partial charge >= 0.3 is 0 Å². The van der Waals surface area contributed by atoms with Crippen LogP contribution in [-0.4, -0.2) is 0 Å². The Morgan fingerprint density at radius 2 is 1.38 bits per heavy atom. The lowest BCUT2D eigenvalue weighted by atomic mass is 9.91. The third-order valence-corrected chi connectivity index (χ3v) is 3.60. The van der Waals surface area contributed by atoms with Crippen molar-refractivity contribution in [3.8, 4) is 0 Å². The molecule has 21 heavy (non-hydrogen) atoms. The summed E-state index contributed by atoms with van der Waals surface area (Å²) in [4.78, 5) is 0. The molecule has 0 aromatic heterocycles. The van der Waals surface area contributed by atoms with Crippen LogP contribution in [0.3, 0.4) is 0 Å². The molecule has 0 nitrogen and oxygen atoms in total. The molecule has 0 fully saturated rings. The van der Waals surface area contributed by atoms with Crippen LogP contribution in [0.4, 0.5) is 8.78 Å². The molecule has 0 aliphatic carbocycles. The lowest BCUT2D eigenvalue weighted by Gasteiger charge is -2.16. The van der Waals surface area contributed by atoms with Crippen LogP contribution in [0.5, 0.6) is 0 Å². The predicted molar refractivity (Wildman–Crippen MR) is 91.6 cm³/mol. The Hall–Kier alpha value is -0.920. The Morgan fingerprint density at radius 3 is 1.76 bits per heavy atom. The largest absolute Gasteiger partial charge is 0.203 e. The topological polar surface area (TPSA) is 0 Å². The van der Waals surface area contributed by atoms with Gasteiger partial charge in [0, 0.05) is 0 Å². The number of halogens is 2. The summed E-state index contributed by atoms with van der Waals surface area (Å²) < 4.78 is 27.4. The lowest BCUT2D eigenvalue weighted by molar-refractivity contribution is 0.440. The molecule has 0 saturated carbocycles. The quantitative estimate of drug-likeness (QED) is 0.406. The molecule has 124 valence electrons. The molecule has 0 radical (unpaired) electrons. The highest BCUT2D eigenvalue weighted by Gasteiger charge is 2.17. The van der Waals surface area contributed by atoms with Gasteiger partial charge in [0.2, 0.25) is 0 Å². The zero-order valence-electron chi connectivity index (χ0n) is 14.9. The summed E-state index contributed by atoms with van der Waals surface area (Å²) in [6.45, 7) is 19.4. The van der Waals surface area contributed by atoms with Crippen LogP contribution in [0, 0.1) is 11.8 Å². The molecule has 0 N–H and O–H groups in total. The molecule has 0 aromatic rings. The Labute approximate surface area is 131 Å². The van der Waals surface area contributed by atoms with E-state index in [0.717, 1.165) is 19.3 Å². The van der Waals surface area contributed by atoms with Crippen molar-refractivity contribution in [1.29, 1.82) is 0 Å². The number of rotatable bonds is 8. The second-order valence-electron chi connectivity index (χ2n) is 5.81. The van der Waals surface area contributed by atoms with Crippen molar-refractivity contribution in [2.24, 2.45) is 11.8 Å². The number of hydrogen-bond acceptors (Lipinski definition) is 0. The van der Waals surface area contributed by atoms with E-state index >= 15 is 0 Å². The molecule has 0 amide bonds. The first-order valence-electron chi connectivity index (χ1n) is 8.19. The van der Waals surface area contributed by atoms with E-state index in [1.165, 1.54) is 6.42 Å². The van der Waals surface area contributed by atoms with Crippen LogP contribution in [0.15, 0.2) is 36.0 Å². The molecule has 2 atom stereocenters. The van der Waals surface area contributed by atoms with Crippen molar-refractivity contribution >= 4 is 0 Å². The van der Waals surface area contributed by atoms with Gasteiger partial charge in [0.15, 0.2) is 11.7 Å². The van der Waals surface area contributed by atoms with Gasteiger partial charge in [-0.05, 0) is 35.8 Å². The smallest absolute Gasteiger partial charge is 0.161 e. The SMILES string of the molecule is C=C(CC)/C(F)=C(/F)C(=C)C(C)CCC(C)CC.CCC. The summed E-state index contributed by atoms with van der Waals surface area (Å²) in [6, 6.07) is 0. The van der Waals surface area contributed by atoms with Gasteiger partial charge in [-0.15, -0.1) is 0 Å². The van der Waals surface area contributed by atoms with Crippen molar-refractivity contribution in [1.82, 2.24) is 0 Å². The highest BCUT2D eigenvalue weighted by molar-refractivity contribution is 5.35. The fourth-order valence-corrected chi connectivity index (χ4v) is 1.58. The van der Waals surface area contributed by atoms with E-state index in [0.29, 0.717) is 12.3 Å². The maximum Gasteiger partial charge on any atom is 0.161 e. The Balaban J connectivity index is 0. The molecular formula is C19H34F2.